The van der Waals surface area contributed by atoms with Gasteiger partial charge in [-0.15, -0.1) is 0 Å². The molecule has 1 amide bonds. The van der Waals surface area contributed by atoms with Gasteiger partial charge in [-0.05, 0) is 42.8 Å². The van der Waals surface area contributed by atoms with E-state index in [0.29, 0.717) is 33.9 Å². The number of ether oxygens (including phenoxy) is 1. The molecule has 9 heteroatoms. The van der Waals surface area contributed by atoms with Gasteiger partial charge in [0.25, 0.3) is 11.5 Å². The molecule has 1 N–H and O–H groups in total. The van der Waals surface area contributed by atoms with Crippen LogP contribution in [-0.2, 0) is 17.8 Å². The van der Waals surface area contributed by atoms with Gasteiger partial charge in [-0.25, -0.2) is 9.78 Å². The lowest BCUT2D eigenvalue weighted by Crippen LogP contribution is -2.16. The maximum absolute atomic E-state index is 12.3. The Morgan fingerprint density at radius 2 is 1.81 bits per heavy atom. The Morgan fingerprint density at radius 1 is 1.06 bits per heavy atom. The average molecular weight is 434 g/mol. The third-order valence-electron chi connectivity index (χ3n) is 4.41. The molecule has 0 aliphatic heterocycles. The first-order valence-corrected chi connectivity index (χ1v) is 10.4. The molecule has 0 bridgehead atoms. The zero-order valence-electron chi connectivity index (χ0n) is 16.6. The maximum atomic E-state index is 12.3. The number of carbonyl (C=O) groups is 2. The van der Waals surface area contributed by atoms with E-state index in [9.17, 15) is 14.4 Å². The van der Waals surface area contributed by atoms with Gasteiger partial charge in [0, 0.05) is 17.3 Å². The summed E-state index contributed by atoms with van der Waals surface area (Å²) in [4.78, 5) is 41.5. The van der Waals surface area contributed by atoms with E-state index in [-0.39, 0.29) is 18.1 Å². The van der Waals surface area contributed by atoms with Crippen molar-refractivity contribution in [3.8, 4) is 0 Å². The number of benzene rings is 2. The predicted molar refractivity (Wildman–Crippen MR) is 116 cm³/mol. The van der Waals surface area contributed by atoms with Crippen LogP contribution in [0.2, 0.25) is 0 Å². The average Bonchev–Trinajstić information content (AvgIpc) is 3.22. The summed E-state index contributed by atoms with van der Waals surface area (Å²) < 4.78 is 6.54. The van der Waals surface area contributed by atoms with E-state index in [2.05, 4.69) is 15.4 Å². The van der Waals surface area contributed by atoms with Gasteiger partial charge in [0.05, 0.1) is 11.3 Å². The molecule has 2 aromatic heterocycles. The summed E-state index contributed by atoms with van der Waals surface area (Å²) >= 11 is 1.33. The summed E-state index contributed by atoms with van der Waals surface area (Å²) in [5.41, 5.74) is 1.46. The second kappa shape index (κ2) is 8.88. The molecule has 0 radical (unpaired) electrons. The van der Waals surface area contributed by atoms with Gasteiger partial charge >= 0.3 is 5.97 Å². The molecule has 0 fully saturated rings. The van der Waals surface area contributed by atoms with Gasteiger partial charge in [0.15, 0.2) is 0 Å². The van der Waals surface area contributed by atoms with Crippen LogP contribution >= 0.6 is 11.3 Å². The summed E-state index contributed by atoms with van der Waals surface area (Å²) in [7, 11) is 0. The normalized spacial score (nSPS) is 10.7. The van der Waals surface area contributed by atoms with Crippen molar-refractivity contribution in [3.05, 3.63) is 92.8 Å². The molecule has 0 aliphatic rings. The highest BCUT2D eigenvalue weighted by Gasteiger charge is 2.12. The van der Waals surface area contributed by atoms with Crippen molar-refractivity contribution in [2.75, 3.05) is 5.32 Å². The molecule has 2 aromatic carbocycles. The van der Waals surface area contributed by atoms with E-state index in [1.807, 2.05) is 13.0 Å². The summed E-state index contributed by atoms with van der Waals surface area (Å²) in [5, 5.41) is 7.76. The number of aryl methyl sites for hydroxylation is 1. The van der Waals surface area contributed by atoms with E-state index < -0.39 is 5.97 Å². The number of nitrogens with zero attached hydrogens (tertiary/aromatic N) is 3. The second-order valence-electron chi connectivity index (χ2n) is 6.60. The molecular weight excluding hydrogens is 416 g/mol. The Labute approximate surface area is 181 Å². The van der Waals surface area contributed by atoms with E-state index in [1.165, 1.54) is 21.9 Å². The zero-order valence-corrected chi connectivity index (χ0v) is 17.4. The number of anilines is 1. The molecular formula is C22H18N4O4S. The molecule has 0 spiro atoms. The van der Waals surface area contributed by atoms with Crippen LogP contribution in [0.1, 0.15) is 38.3 Å². The lowest BCUT2D eigenvalue weighted by atomic mass is 10.2. The van der Waals surface area contributed by atoms with Gasteiger partial charge in [-0.1, -0.05) is 36.5 Å². The van der Waals surface area contributed by atoms with Crippen molar-refractivity contribution >= 4 is 33.9 Å². The van der Waals surface area contributed by atoms with Crippen LogP contribution in [0.25, 0.3) is 4.96 Å². The Kier molecular flexibility index (Phi) is 5.85. The fraction of sp³-hybridized carbons (Fsp3) is 0.136. The number of amides is 1. The van der Waals surface area contributed by atoms with Crippen molar-refractivity contribution in [2.45, 2.75) is 20.0 Å². The smallest absolute Gasteiger partial charge is 0.338 e. The highest BCUT2D eigenvalue weighted by molar-refractivity contribution is 7.16. The summed E-state index contributed by atoms with van der Waals surface area (Å²) in [6, 6.07) is 16.5. The van der Waals surface area contributed by atoms with E-state index >= 15 is 0 Å². The number of aromatic nitrogens is 3. The molecule has 31 heavy (non-hydrogen) atoms. The Morgan fingerprint density at radius 3 is 2.52 bits per heavy atom. The SMILES string of the molecule is CCc1nn2c(=O)cc(COC(=O)c3ccc(NC(=O)c4ccccc4)cc3)nc2s1. The third-order valence-corrected chi connectivity index (χ3v) is 5.46. The fourth-order valence-electron chi connectivity index (χ4n) is 2.82. The Bertz CT molecular complexity index is 1300. The van der Waals surface area contributed by atoms with Gasteiger partial charge in [0.1, 0.15) is 11.6 Å². The Hall–Kier alpha value is -3.85. The van der Waals surface area contributed by atoms with E-state index in [4.69, 9.17) is 4.74 Å². The first-order chi connectivity index (χ1) is 15.0. The molecule has 0 saturated carbocycles. The zero-order chi connectivity index (χ0) is 21.8. The molecule has 0 aliphatic carbocycles. The molecule has 2 heterocycles. The highest BCUT2D eigenvalue weighted by atomic mass is 32.1. The molecule has 156 valence electrons. The molecule has 4 aromatic rings. The summed E-state index contributed by atoms with van der Waals surface area (Å²) in [5.74, 6) is -0.792. The van der Waals surface area contributed by atoms with Gasteiger partial charge in [0.2, 0.25) is 4.96 Å². The minimum absolute atomic E-state index is 0.129. The van der Waals surface area contributed by atoms with Crippen molar-refractivity contribution < 1.29 is 14.3 Å². The molecule has 4 rings (SSSR count). The number of rotatable bonds is 6. The van der Waals surface area contributed by atoms with Crippen molar-refractivity contribution in [1.29, 1.82) is 0 Å². The van der Waals surface area contributed by atoms with Crippen molar-refractivity contribution in [2.24, 2.45) is 0 Å². The third kappa shape index (κ3) is 4.67. The van der Waals surface area contributed by atoms with Crippen LogP contribution in [-0.4, -0.2) is 26.5 Å². The van der Waals surface area contributed by atoms with Gasteiger partial charge < -0.3 is 10.1 Å². The first kappa shape index (κ1) is 20.4. The van der Waals surface area contributed by atoms with Crippen LogP contribution in [0.5, 0.6) is 0 Å². The quantitative estimate of drug-likeness (QED) is 0.467. The van der Waals surface area contributed by atoms with E-state index in [0.717, 1.165) is 5.01 Å². The van der Waals surface area contributed by atoms with E-state index in [1.54, 1.807) is 48.5 Å². The number of carbonyl (C=O) groups excluding carboxylic acids is 2. The minimum atomic E-state index is -0.554. The lowest BCUT2D eigenvalue weighted by molar-refractivity contribution is 0.0467. The topological polar surface area (TPSA) is 103 Å². The predicted octanol–water partition coefficient (Wildman–Crippen LogP) is 3.32. The van der Waals surface area contributed by atoms with Crippen LogP contribution in [0.4, 0.5) is 5.69 Å². The maximum Gasteiger partial charge on any atom is 0.338 e. The largest absolute Gasteiger partial charge is 0.456 e. The van der Waals surface area contributed by atoms with Gasteiger partial charge in [-0.2, -0.15) is 9.61 Å². The molecule has 8 nitrogen and oxygen atoms in total. The van der Waals surface area contributed by atoms with Crippen LogP contribution in [0.3, 0.4) is 0 Å². The number of hydrogen-bond donors (Lipinski definition) is 1. The number of nitrogens with one attached hydrogen (secondary N) is 1. The van der Waals surface area contributed by atoms with Crippen molar-refractivity contribution in [1.82, 2.24) is 14.6 Å². The molecule has 0 unspecified atom stereocenters. The summed E-state index contributed by atoms with van der Waals surface area (Å²) in [6.07, 6.45) is 0.708. The van der Waals surface area contributed by atoms with Gasteiger partial charge in [-0.3, -0.25) is 9.59 Å². The van der Waals surface area contributed by atoms with Crippen molar-refractivity contribution in [3.63, 3.8) is 0 Å². The highest BCUT2D eigenvalue weighted by Crippen LogP contribution is 2.14. The molecule has 0 atom stereocenters. The van der Waals surface area contributed by atoms with Crippen LogP contribution in [0, 0.1) is 0 Å². The Balaban J connectivity index is 1.39. The fourth-order valence-corrected chi connectivity index (χ4v) is 3.68. The standard InChI is InChI=1S/C22H18N4O4S/c1-2-18-25-26-19(27)12-17(24-22(26)31-18)13-30-21(29)15-8-10-16(11-9-15)23-20(28)14-6-4-3-5-7-14/h3-12H,2,13H2,1H3,(H,23,28). The number of fused-ring (bicyclic) bond motifs is 1. The van der Waals surface area contributed by atoms with Crippen LogP contribution in [0.15, 0.2) is 65.5 Å². The number of esters is 1. The molecule has 0 saturated heterocycles. The summed E-state index contributed by atoms with van der Waals surface area (Å²) in [6.45, 7) is 1.82. The lowest BCUT2D eigenvalue weighted by Gasteiger charge is -2.07. The monoisotopic (exact) mass is 434 g/mol. The second-order valence-corrected chi connectivity index (χ2v) is 7.64. The minimum Gasteiger partial charge on any atom is -0.456 e. The van der Waals surface area contributed by atoms with Crippen LogP contribution < -0.4 is 10.9 Å². The number of hydrogen-bond acceptors (Lipinski definition) is 7. The first-order valence-electron chi connectivity index (χ1n) is 9.56.